The van der Waals surface area contributed by atoms with Gasteiger partial charge in [-0.05, 0) is 44.6 Å². The van der Waals surface area contributed by atoms with Crippen LogP contribution in [0.15, 0.2) is 18.2 Å². The van der Waals surface area contributed by atoms with E-state index in [0.29, 0.717) is 25.1 Å². The molecule has 5 nitrogen and oxygen atoms in total. The fourth-order valence-electron chi connectivity index (χ4n) is 1.73. The van der Waals surface area contributed by atoms with Crippen LogP contribution < -0.4 is 16.0 Å². The average molecular weight is 295 g/mol. The molecule has 0 heterocycles. The maximum absolute atomic E-state index is 13.3. The highest BCUT2D eigenvalue weighted by molar-refractivity contribution is 5.94. The predicted octanol–water partition coefficient (Wildman–Crippen LogP) is 0.980. The zero-order valence-electron chi connectivity index (χ0n) is 12.5. The van der Waals surface area contributed by atoms with Crippen molar-refractivity contribution < 1.29 is 14.0 Å². The van der Waals surface area contributed by atoms with Gasteiger partial charge in [0.05, 0.1) is 0 Å². The SMILES string of the molecule is CNCCCC(=O)NCCNC(=O)c1ccc(C)c(F)c1. The zero-order chi connectivity index (χ0) is 15.7. The van der Waals surface area contributed by atoms with E-state index in [0.717, 1.165) is 13.0 Å². The van der Waals surface area contributed by atoms with Crippen LogP contribution in [0.5, 0.6) is 0 Å². The fourth-order valence-corrected chi connectivity index (χ4v) is 1.73. The van der Waals surface area contributed by atoms with Crippen molar-refractivity contribution in [2.75, 3.05) is 26.7 Å². The van der Waals surface area contributed by atoms with Gasteiger partial charge in [0.2, 0.25) is 5.91 Å². The number of rotatable bonds is 8. The average Bonchev–Trinajstić information content (AvgIpc) is 2.46. The molecule has 0 saturated carbocycles. The van der Waals surface area contributed by atoms with E-state index >= 15 is 0 Å². The van der Waals surface area contributed by atoms with Gasteiger partial charge in [0, 0.05) is 25.1 Å². The normalized spacial score (nSPS) is 10.2. The van der Waals surface area contributed by atoms with E-state index in [-0.39, 0.29) is 17.4 Å². The Balaban J connectivity index is 2.24. The van der Waals surface area contributed by atoms with E-state index in [1.807, 2.05) is 7.05 Å². The molecule has 1 rings (SSSR count). The summed E-state index contributed by atoms with van der Waals surface area (Å²) >= 11 is 0. The number of carbonyl (C=O) groups excluding carboxylic acids is 2. The minimum Gasteiger partial charge on any atom is -0.354 e. The molecule has 1 aromatic rings. The van der Waals surface area contributed by atoms with Crippen molar-refractivity contribution in [3.63, 3.8) is 0 Å². The molecule has 0 aliphatic rings. The van der Waals surface area contributed by atoms with Gasteiger partial charge in [-0.1, -0.05) is 6.07 Å². The van der Waals surface area contributed by atoms with E-state index in [1.165, 1.54) is 6.07 Å². The van der Waals surface area contributed by atoms with Crippen LogP contribution in [0.1, 0.15) is 28.8 Å². The molecule has 0 fully saturated rings. The third-order valence-electron chi connectivity index (χ3n) is 3.00. The van der Waals surface area contributed by atoms with Gasteiger partial charge in [0.25, 0.3) is 5.91 Å². The molecule has 6 heteroatoms. The van der Waals surface area contributed by atoms with E-state index in [2.05, 4.69) is 16.0 Å². The molecule has 0 spiro atoms. The summed E-state index contributed by atoms with van der Waals surface area (Å²) in [6, 6.07) is 4.35. The van der Waals surface area contributed by atoms with E-state index < -0.39 is 5.82 Å². The quantitative estimate of drug-likeness (QED) is 0.626. The molecule has 0 unspecified atom stereocenters. The predicted molar refractivity (Wildman–Crippen MR) is 79.6 cm³/mol. The highest BCUT2D eigenvalue weighted by atomic mass is 19.1. The number of amides is 2. The molecule has 0 aliphatic heterocycles. The first kappa shape index (κ1) is 17.1. The Kier molecular flexibility index (Phi) is 7.39. The summed E-state index contributed by atoms with van der Waals surface area (Å²) in [6.45, 7) is 3.11. The largest absolute Gasteiger partial charge is 0.354 e. The lowest BCUT2D eigenvalue weighted by atomic mass is 10.1. The highest BCUT2D eigenvalue weighted by Gasteiger charge is 2.07. The van der Waals surface area contributed by atoms with Crippen molar-refractivity contribution in [3.8, 4) is 0 Å². The lowest BCUT2D eigenvalue weighted by Gasteiger charge is -2.08. The van der Waals surface area contributed by atoms with Gasteiger partial charge in [-0.15, -0.1) is 0 Å². The second-order valence-electron chi connectivity index (χ2n) is 4.78. The third-order valence-corrected chi connectivity index (χ3v) is 3.00. The standard InChI is InChI=1S/C15H22FN3O2/c1-11-5-6-12(10-13(11)16)15(21)19-9-8-18-14(20)4-3-7-17-2/h5-6,10,17H,3-4,7-9H2,1-2H3,(H,18,20)(H,19,21). The van der Waals surface area contributed by atoms with Crippen molar-refractivity contribution in [1.29, 1.82) is 0 Å². The van der Waals surface area contributed by atoms with Crippen LogP contribution in [0.4, 0.5) is 4.39 Å². The Morgan fingerprint density at radius 3 is 2.52 bits per heavy atom. The maximum atomic E-state index is 13.3. The first-order valence-electron chi connectivity index (χ1n) is 7.00. The molecule has 0 radical (unpaired) electrons. The Hall–Kier alpha value is -1.95. The van der Waals surface area contributed by atoms with Crippen LogP contribution >= 0.6 is 0 Å². The Morgan fingerprint density at radius 2 is 1.86 bits per heavy atom. The van der Waals surface area contributed by atoms with Crippen molar-refractivity contribution in [2.45, 2.75) is 19.8 Å². The summed E-state index contributed by atoms with van der Waals surface area (Å²) in [4.78, 5) is 23.2. The monoisotopic (exact) mass is 295 g/mol. The summed E-state index contributed by atoms with van der Waals surface area (Å²) in [7, 11) is 1.83. The van der Waals surface area contributed by atoms with E-state index in [9.17, 15) is 14.0 Å². The lowest BCUT2D eigenvalue weighted by Crippen LogP contribution is -2.34. The molecule has 1 aromatic carbocycles. The minimum atomic E-state index is -0.402. The molecule has 0 bridgehead atoms. The Bertz CT molecular complexity index is 492. The van der Waals surface area contributed by atoms with E-state index in [4.69, 9.17) is 0 Å². The second kappa shape index (κ2) is 9.07. The molecule has 0 atom stereocenters. The smallest absolute Gasteiger partial charge is 0.251 e. The molecule has 21 heavy (non-hydrogen) atoms. The molecular formula is C15H22FN3O2. The summed E-state index contributed by atoms with van der Waals surface area (Å²) < 4.78 is 13.3. The molecule has 2 amide bonds. The molecule has 0 aliphatic carbocycles. The lowest BCUT2D eigenvalue weighted by molar-refractivity contribution is -0.121. The van der Waals surface area contributed by atoms with Gasteiger partial charge in [0.15, 0.2) is 0 Å². The Morgan fingerprint density at radius 1 is 1.14 bits per heavy atom. The number of hydrogen-bond acceptors (Lipinski definition) is 3. The van der Waals surface area contributed by atoms with Crippen LogP contribution in [0, 0.1) is 12.7 Å². The van der Waals surface area contributed by atoms with Crippen LogP contribution in [0.2, 0.25) is 0 Å². The first-order valence-corrected chi connectivity index (χ1v) is 7.00. The van der Waals surface area contributed by atoms with Crippen LogP contribution in [-0.4, -0.2) is 38.5 Å². The topological polar surface area (TPSA) is 70.2 Å². The summed E-state index contributed by atoms with van der Waals surface area (Å²) in [5.74, 6) is -0.792. The van der Waals surface area contributed by atoms with Crippen molar-refractivity contribution >= 4 is 11.8 Å². The first-order chi connectivity index (χ1) is 10.0. The van der Waals surface area contributed by atoms with Crippen molar-refractivity contribution in [3.05, 3.63) is 35.1 Å². The van der Waals surface area contributed by atoms with E-state index in [1.54, 1.807) is 19.1 Å². The number of benzene rings is 1. The molecule has 0 aromatic heterocycles. The molecular weight excluding hydrogens is 273 g/mol. The number of hydrogen-bond donors (Lipinski definition) is 3. The summed E-state index contributed by atoms with van der Waals surface area (Å²) in [5.41, 5.74) is 0.777. The summed E-state index contributed by atoms with van der Waals surface area (Å²) in [5, 5.41) is 8.31. The van der Waals surface area contributed by atoms with Gasteiger partial charge in [-0.25, -0.2) is 4.39 Å². The number of halogens is 1. The number of nitrogens with one attached hydrogen (secondary N) is 3. The van der Waals surface area contributed by atoms with Crippen LogP contribution in [0.3, 0.4) is 0 Å². The number of carbonyl (C=O) groups is 2. The van der Waals surface area contributed by atoms with Crippen molar-refractivity contribution in [2.24, 2.45) is 0 Å². The van der Waals surface area contributed by atoms with Gasteiger partial charge < -0.3 is 16.0 Å². The second-order valence-corrected chi connectivity index (χ2v) is 4.78. The van der Waals surface area contributed by atoms with Crippen LogP contribution in [-0.2, 0) is 4.79 Å². The van der Waals surface area contributed by atoms with Gasteiger partial charge in [-0.3, -0.25) is 9.59 Å². The third kappa shape index (κ3) is 6.35. The highest BCUT2D eigenvalue weighted by Crippen LogP contribution is 2.08. The zero-order valence-corrected chi connectivity index (χ0v) is 12.5. The van der Waals surface area contributed by atoms with Gasteiger partial charge >= 0.3 is 0 Å². The molecule has 116 valence electrons. The maximum Gasteiger partial charge on any atom is 0.251 e. The molecule has 3 N–H and O–H groups in total. The number of aryl methyl sites for hydroxylation is 1. The van der Waals surface area contributed by atoms with Gasteiger partial charge in [-0.2, -0.15) is 0 Å². The van der Waals surface area contributed by atoms with Crippen LogP contribution in [0.25, 0.3) is 0 Å². The fraction of sp³-hybridized carbons (Fsp3) is 0.467. The Labute approximate surface area is 124 Å². The summed E-state index contributed by atoms with van der Waals surface area (Å²) in [6.07, 6.45) is 1.23. The minimum absolute atomic E-state index is 0.0409. The molecule has 0 saturated heterocycles. The van der Waals surface area contributed by atoms with Gasteiger partial charge in [0.1, 0.15) is 5.82 Å². The van der Waals surface area contributed by atoms with Crippen molar-refractivity contribution in [1.82, 2.24) is 16.0 Å².